The Morgan fingerprint density at radius 1 is 1.15 bits per heavy atom. The zero-order valence-corrected chi connectivity index (χ0v) is 14.9. The number of ether oxygens (including phenoxy) is 1. The number of amides is 1. The summed E-state index contributed by atoms with van der Waals surface area (Å²) in [5.74, 6) is -0.855. The largest absolute Gasteiger partial charge is 0.464 e. The monoisotopic (exact) mass is 374 g/mol. The first-order valence-corrected chi connectivity index (χ1v) is 9.50. The van der Waals surface area contributed by atoms with E-state index in [0.29, 0.717) is 17.7 Å². The lowest BCUT2D eigenvalue weighted by Crippen LogP contribution is -2.37. The van der Waals surface area contributed by atoms with Gasteiger partial charge in [0.1, 0.15) is 6.04 Å². The fraction of sp³-hybridized carbons (Fsp3) is 0.222. The molecule has 0 unspecified atom stereocenters. The molecule has 1 aliphatic heterocycles. The van der Waals surface area contributed by atoms with E-state index in [1.165, 1.54) is 24.3 Å². The molecule has 1 heterocycles. The third kappa shape index (κ3) is 4.09. The highest BCUT2D eigenvalue weighted by Crippen LogP contribution is 2.17. The second kappa shape index (κ2) is 7.27. The molecule has 1 amide bonds. The molecule has 1 atom stereocenters. The van der Waals surface area contributed by atoms with Crippen LogP contribution in [0.4, 0.5) is 5.69 Å². The smallest absolute Gasteiger partial charge is 0.324 e. The third-order valence-electron chi connectivity index (χ3n) is 3.94. The zero-order chi connectivity index (χ0) is 18.7. The van der Waals surface area contributed by atoms with Crippen molar-refractivity contribution in [1.82, 2.24) is 4.72 Å². The van der Waals surface area contributed by atoms with Gasteiger partial charge in [-0.25, -0.2) is 8.42 Å². The summed E-state index contributed by atoms with van der Waals surface area (Å²) in [6.45, 7) is 2.10. The molecular formula is C18H18N2O5S. The molecule has 2 N–H and O–H groups in total. The molecule has 7 nitrogen and oxygen atoms in total. The molecule has 1 fully saturated rings. The van der Waals surface area contributed by atoms with E-state index < -0.39 is 22.0 Å². The lowest BCUT2D eigenvalue weighted by Gasteiger charge is -2.11. The number of hydrogen-bond acceptors (Lipinski definition) is 5. The number of hydrogen-bond donors (Lipinski definition) is 2. The number of esters is 1. The van der Waals surface area contributed by atoms with Crippen molar-refractivity contribution < 1.29 is 22.7 Å². The maximum atomic E-state index is 12.3. The second-order valence-electron chi connectivity index (χ2n) is 5.98. The average Bonchev–Trinajstić information content (AvgIpc) is 2.99. The Kier molecular flexibility index (Phi) is 5.06. The maximum absolute atomic E-state index is 12.3. The Bertz CT molecular complexity index is 938. The first-order chi connectivity index (χ1) is 12.3. The van der Waals surface area contributed by atoms with Crippen molar-refractivity contribution in [2.45, 2.75) is 24.3 Å². The predicted molar refractivity (Wildman–Crippen MR) is 95.3 cm³/mol. The van der Waals surface area contributed by atoms with Gasteiger partial charge >= 0.3 is 5.97 Å². The van der Waals surface area contributed by atoms with Gasteiger partial charge in [-0.05, 0) is 43.3 Å². The summed E-state index contributed by atoms with van der Waals surface area (Å²) >= 11 is 0. The van der Waals surface area contributed by atoms with E-state index >= 15 is 0 Å². The van der Waals surface area contributed by atoms with Crippen LogP contribution in [0.25, 0.3) is 0 Å². The Hall–Kier alpha value is -2.71. The molecule has 3 rings (SSSR count). The summed E-state index contributed by atoms with van der Waals surface area (Å²) in [7, 11) is -3.84. The van der Waals surface area contributed by atoms with Gasteiger partial charge in [0.25, 0.3) is 5.91 Å². The van der Waals surface area contributed by atoms with E-state index in [4.69, 9.17) is 4.74 Å². The highest BCUT2D eigenvalue weighted by atomic mass is 32.2. The van der Waals surface area contributed by atoms with Gasteiger partial charge in [-0.2, -0.15) is 4.72 Å². The molecule has 2 aromatic rings. The fourth-order valence-electron chi connectivity index (χ4n) is 2.57. The van der Waals surface area contributed by atoms with Crippen LogP contribution in [0, 0.1) is 6.92 Å². The first-order valence-electron chi connectivity index (χ1n) is 8.02. The molecule has 26 heavy (non-hydrogen) atoms. The van der Waals surface area contributed by atoms with Crippen LogP contribution in [-0.2, 0) is 19.6 Å². The SMILES string of the molecule is Cc1cccc(C(=O)Nc2ccc(S(=O)(=O)N[C@H]3CCOC3=O)cc2)c1. The van der Waals surface area contributed by atoms with Gasteiger partial charge in [0.2, 0.25) is 10.0 Å². The van der Waals surface area contributed by atoms with Crippen molar-refractivity contribution >= 4 is 27.6 Å². The average molecular weight is 374 g/mol. The van der Waals surface area contributed by atoms with Gasteiger partial charge in [0.15, 0.2) is 0 Å². The summed E-state index contributed by atoms with van der Waals surface area (Å²) in [4.78, 5) is 23.6. The van der Waals surface area contributed by atoms with Gasteiger partial charge in [0.05, 0.1) is 11.5 Å². The lowest BCUT2D eigenvalue weighted by atomic mass is 10.1. The maximum Gasteiger partial charge on any atom is 0.324 e. The van der Waals surface area contributed by atoms with Crippen LogP contribution < -0.4 is 10.0 Å². The predicted octanol–water partition coefficient (Wildman–Crippen LogP) is 1.84. The number of nitrogens with one attached hydrogen (secondary N) is 2. The summed E-state index contributed by atoms with van der Waals surface area (Å²) in [5.41, 5.74) is 1.95. The number of sulfonamides is 1. The standard InChI is InChI=1S/C18H18N2O5S/c1-12-3-2-4-13(11-12)17(21)19-14-5-7-15(8-6-14)26(23,24)20-16-9-10-25-18(16)22/h2-8,11,16,20H,9-10H2,1H3,(H,19,21)/t16-/m0/s1. The highest BCUT2D eigenvalue weighted by Gasteiger charge is 2.31. The zero-order valence-electron chi connectivity index (χ0n) is 14.1. The van der Waals surface area contributed by atoms with Crippen LogP contribution >= 0.6 is 0 Å². The Morgan fingerprint density at radius 3 is 2.50 bits per heavy atom. The van der Waals surface area contributed by atoms with E-state index in [2.05, 4.69) is 10.0 Å². The van der Waals surface area contributed by atoms with E-state index in [9.17, 15) is 18.0 Å². The first kappa shape index (κ1) is 18.1. The molecule has 2 aromatic carbocycles. The molecule has 1 saturated heterocycles. The van der Waals surface area contributed by atoms with Crippen LogP contribution in [-0.4, -0.2) is 32.9 Å². The van der Waals surface area contributed by atoms with E-state index in [0.717, 1.165) is 5.56 Å². The molecular weight excluding hydrogens is 356 g/mol. The van der Waals surface area contributed by atoms with Crippen LogP contribution in [0.15, 0.2) is 53.4 Å². The Morgan fingerprint density at radius 2 is 1.88 bits per heavy atom. The quantitative estimate of drug-likeness (QED) is 0.778. The molecule has 0 spiro atoms. The van der Waals surface area contributed by atoms with Crippen molar-refractivity contribution in [3.8, 4) is 0 Å². The minimum absolute atomic E-state index is 0.00533. The number of rotatable bonds is 5. The van der Waals surface area contributed by atoms with Crippen LogP contribution in [0.5, 0.6) is 0 Å². The van der Waals surface area contributed by atoms with Crippen molar-refractivity contribution in [2.24, 2.45) is 0 Å². The number of carbonyl (C=O) groups excluding carboxylic acids is 2. The van der Waals surface area contributed by atoms with Crippen molar-refractivity contribution in [1.29, 1.82) is 0 Å². The number of aryl methyl sites for hydroxylation is 1. The van der Waals surface area contributed by atoms with Crippen LogP contribution in [0.1, 0.15) is 22.3 Å². The Balaban J connectivity index is 1.70. The van der Waals surface area contributed by atoms with Crippen molar-refractivity contribution in [3.63, 3.8) is 0 Å². The fourth-order valence-corrected chi connectivity index (χ4v) is 3.78. The Labute approximate surface area is 151 Å². The van der Waals surface area contributed by atoms with E-state index in [1.807, 2.05) is 13.0 Å². The lowest BCUT2D eigenvalue weighted by molar-refractivity contribution is -0.139. The van der Waals surface area contributed by atoms with Gasteiger partial charge in [-0.1, -0.05) is 17.7 Å². The number of benzene rings is 2. The number of anilines is 1. The number of cyclic esters (lactones) is 1. The molecule has 0 aliphatic carbocycles. The highest BCUT2D eigenvalue weighted by molar-refractivity contribution is 7.89. The minimum atomic E-state index is -3.84. The minimum Gasteiger partial charge on any atom is -0.464 e. The second-order valence-corrected chi connectivity index (χ2v) is 7.69. The third-order valence-corrected chi connectivity index (χ3v) is 5.42. The molecule has 0 saturated carbocycles. The summed E-state index contributed by atoms with van der Waals surface area (Å²) < 4.78 is 31.7. The van der Waals surface area contributed by atoms with Crippen molar-refractivity contribution in [3.05, 3.63) is 59.7 Å². The number of carbonyl (C=O) groups is 2. The summed E-state index contributed by atoms with van der Waals surface area (Å²) in [6, 6.07) is 12.0. The topological polar surface area (TPSA) is 102 Å². The molecule has 136 valence electrons. The van der Waals surface area contributed by atoms with E-state index in [1.54, 1.807) is 18.2 Å². The van der Waals surface area contributed by atoms with Gasteiger partial charge in [0, 0.05) is 17.7 Å². The van der Waals surface area contributed by atoms with Gasteiger partial charge in [-0.15, -0.1) is 0 Å². The van der Waals surface area contributed by atoms with Gasteiger partial charge in [-0.3, -0.25) is 9.59 Å². The summed E-state index contributed by atoms with van der Waals surface area (Å²) in [5, 5.41) is 2.72. The normalized spacial score (nSPS) is 17.0. The van der Waals surface area contributed by atoms with Crippen LogP contribution in [0.2, 0.25) is 0 Å². The van der Waals surface area contributed by atoms with Gasteiger partial charge < -0.3 is 10.1 Å². The molecule has 1 aliphatic rings. The summed E-state index contributed by atoms with van der Waals surface area (Å²) in [6.07, 6.45) is 0.308. The van der Waals surface area contributed by atoms with Crippen molar-refractivity contribution in [2.75, 3.05) is 11.9 Å². The van der Waals surface area contributed by atoms with Crippen LogP contribution in [0.3, 0.4) is 0 Å². The molecule has 0 bridgehead atoms. The molecule has 8 heteroatoms. The molecule has 0 radical (unpaired) electrons. The molecule has 0 aromatic heterocycles. The van der Waals surface area contributed by atoms with E-state index in [-0.39, 0.29) is 17.4 Å².